The standard InChI is InChI=1S/C12H16OS/c1-12(2)7-3-4-9-5-6-10(13)8-11(9)14-12/h5-6,8,13H,3-4,7H2,1-2H3. The molecule has 1 aromatic carbocycles. The van der Waals surface area contributed by atoms with Crippen LogP contribution in [0, 0.1) is 0 Å². The van der Waals surface area contributed by atoms with Crippen LogP contribution in [0.3, 0.4) is 0 Å². The molecule has 0 fully saturated rings. The van der Waals surface area contributed by atoms with Crippen LogP contribution in [0.1, 0.15) is 32.3 Å². The molecule has 0 radical (unpaired) electrons. The molecule has 2 rings (SSSR count). The third kappa shape index (κ3) is 2.06. The Morgan fingerprint density at radius 3 is 2.93 bits per heavy atom. The van der Waals surface area contributed by atoms with Gasteiger partial charge in [-0.2, -0.15) is 0 Å². The van der Waals surface area contributed by atoms with Crippen LogP contribution in [-0.4, -0.2) is 9.85 Å². The number of aryl methyl sites for hydroxylation is 1. The molecule has 0 atom stereocenters. The molecule has 1 heterocycles. The van der Waals surface area contributed by atoms with E-state index in [1.54, 1.807) is 6.07 Å². The van der Waals surface area contributed by atoms with Crippen LogP contribution < -0.4 is 0 Å². The number of thioether (sulfide) groups is 1. The zero-order valence-corrected chi connectivity index (χ0v) is 9.53. The summed E-state index contributed by atoms with van der Waals surface area (Å²) in [5.41, 5.74) is 1.39. The van der Waals surface area contributed by atoms with E-state index in [0.717, 1.165) is 6.42 Å². The summed E-state index contributed by atoms with van der Waals surface area (Å²) in [6.07, 6.45) is 3.64. The van der Waals surface area contributed by atoms with Crippen LogP contribution in [0.5, 0.6) is 5.75 Å². The van der Waals surface area contributed by atoms with E-state index in [2.05, 4.69) is 19.9 Å². The van der Waals surface area contributed by atoms with Crippen molar-refractivity contribution in [2.24, 2.45) is 0 Å². The van der Waals surface area contributed by atoms with E-state index in [1.807, 2.05) is 17.8 Å². The van der Waals surface area contributed by atoms with Gasteiger partial charge in [0.05, 0.1) is 0 Å². The first-order valence-electron chi connectivity index (χ1n) is 5.08. The van der Waals surface area contributed by atoms with E-state index in [4.69, 9.17) is 0 Å². The van der Waals surface area contributed by atoms with Gasteiger partial charge in [-0.15, -0.1) is 11.8 Å². The number of hydrogen-bond donors (Lipinski definition) is 1. The number of phenols is 1. The third-order valence-corrected chi connectivity index (χ3v) is 4.02. The van der Waals surface area contributed by atoms with Gasteiger partial charge in [-0.05, 0) is 37.0 Å². The summed E-state index contributed by atoms with van der Waals surface area (Å²) in [4.78, 5) is 1.26. The Morgan fingerprint density at radius 1 is 1.36 bits per heavy atom. The molecule has 1 N–H and O–H groups in total. The molecule has 1 aromatic rings. The lowest BCUT2D eigenvalue weighted by atomic mass is 10.0. The minimum atomic E-state index is 0.305. The highest BCUT2D eigenvalue weighted by Crippen LogP contribution is 2.42. The quantitative estimate of drug-likeness (QED) is 0.703. The average molecular weight is 208 g/mol. The largest absolute Gasteiger partial charge is 0.508 e. The number of hydrogen-bond acceptors (Lipinski definition) is 2. The van der Waals surface area contributed by atoms with Crippen molar-refractivity contribution in [1.82, 2.24) is 0 Å². The molecule has 0 saturated heterocycles. The van der Waals surface area contributed by atoms with Crippen LogP contribution in [0.15, 0.2) is 23.1 Å². The number of fused-ring (bicyclic) bond motifs is 1. The van der Waals surface area contributed by atoms with Crippen molar-refractivity contribution < 1.29 is 5.11 Å². The summed E-state index contributed by atoms with van der Waals surface area (Å²) in [6, 6.07) is 5.74. The predicted molar refractivity (Wildman–Crippen MR) is 61.0 cm³/mol. The van der Waals surface area contributed by atoms with Crippen molar-refractivity contribution in [3.05, 3.63) is 23.8 Å². The molecule has 14 heavy (non-hydrogen) atoms. The lowest BCUT2D eigenvalue weighted by Crippen LogP contribution is -2.12. The summed E-state index contributed by atoms with van der Waals surface area (Å²) in [7, 11) is 0. The highest BCUT2D eigenvalue weighted by Gasteiger charge is 2.23. The molecule has 0 unspecified atom stereocenters. The van der Waals surface area contributed by atoms with Crippen molar-refractivity contribution in [3.63, 3.8) is 0 Å². The maximum atomic E-state index is 9.44. The second kappa shape index (κ2) is 3.50. The topological polar surface area (TPSA) is 20.2 Å². The maximum absolute atomic E-state index is 9.44. The highest BCUT2D eigenvalue weighted by atomic mass is 32.2. The first-order chi connectivity index (χ1) is 6.57. The van der Waals surface area contributed by atoms with E-state index in [-0.39, 0.29) is 0 Å². The Hall–Kier alpha value is -0.630. The fourth-order valence-corrected chi connectivity index (χ4v) is 3.22. The van der Waals surface area contributed by atoms with Gasteiger partial charge in [-0.1, -0.05) is 19.9 Å². The van der Waals surface area contributed by atoms with Gasteiger partial charge in [0.1, 0.15) is 5.75 Å². The minimum Gasteiger partial charge on any atom is -0.508 e. The molecule has 0 saturated carbocycles. The third-order valence-electron chi connectivity index (χ3n) is 2.66. The second-order valence-corrected chi connectivity index (χ2v) is 6.26. The zero-order chi connectivity index (χ0) is 10.2. The van der Waals surface area contributed by atoms with E-state index in [9.17, 15) is 5.11 Å². The highest BCUT2D eigenvalue weighted by molar-refractivity contribution is 8.00. The SMILES string of the molecule is CC1(C)CCCc2ccc(O)cc2S1. The van der Waals surface area contributed by atoms with E-state index >= 15 is 0 Å². The normalized spacial score (nSPS) is 19.9. The molecule has 1 nitrogen and oxygen atoms in total. The second-order valence-electron chi connectivity index (χ2n) is 4.51. The molecule has 1 aliphatic rings. The molecular formula is C12H16OS. The van der Waals surface area contributed by atoms with E-state index in [1.165, 1.54) is 23.3 Å². The Bertz CT molecular complexity index is 344. The van der Waals surface area contributed by atoms with Gasteiger partial charge >= 0.3 is 0 Å². The number of aromatic hydroxyl groups is 1. The van der Waals surface area contributed by atoms with Crippen molar-refractivity contribution in [1.29, 1.82) is 0 Å². The van der Waals surface area contributed by atoms with Crippen LogP contribution in [-0.2, 0) is 6.42 Å². The van der Waals surface area contributed by atoms with Gasteiger partial charge in [-0.25, -0.2) is 0 Å². The Labute approximate surface area is 89.5 Å². The fraction of sp³-hybridized carbons (Fsp3) is 0.500. The van der Waals surface area contributed by atoms with Gasteiger partial charge in [0, 0.05) is 9.64 Å². The van der Waals surface area contributed by atoms with Crippen molar-refractivity contribution in [2.45, 2.75) is 42.8 Å². The summed E-state index contributed by atoms with van der Waals surface area (Å²) in [5.74, 6) is 0.383. The van der Waals surface area contributed by atoms with Crippen molar-refractivity contribution in [2.75, 3.05) is 0 Å². The molecule has 2 heteroatoms. The minimum absolute atomic E-state index is 0.305. The summed E-state index contributed by atoms with van der Waals surface area (Å²) < 4.78 is 0.305. The summed E-state index contributed by atoms with van der Waals surface area (Å²) >= 11 is 1.89. The lowest BCUT2D eigenvalue weighted by molar-refractivity contribution is 0.473. The summed E-state index contributed by atoms with van der Waals surface area (Å²) in [5, 5.41) is 9.44. The molecular weight excluding hydrogens is 192 g/mol. The fourth-order valence-electron chi connectivity index (χ4n) is 1.90. The van der Waals surface area contributed by atoms with Gasteiger partial charge in [0.25, 0.3) is 0 Å². The Morgan fingerprint density at radius 2 is 2.14 bits per heavy atom. The Kier molecular flexibility index (Phi) is 2.48. The first-order valence-corrected chi connectivity index (χ1v) is 5.89. The average Bonchev–Trinajstić information content (AvgIpc) is 2.21. The molecule has 0 amide bonds. The van der Waals surface area contributed by atoms with E-state index < -0.39 is 0 Å². The predicted octanol–water partition coefficient (Wildman–Crippen LogP) is 3.60. The lowest BCUT2D eigenvalue weighted by Gasteiger charge is -2.21. The van der Waals surface area contributed by atoms with Crippen LogP contribution >= 0.6 is 11.8 Å². The molecule has 0 bridgehead atoms. The molecule has 0 spiro atoms. The maximum Gasteiger partial charge on any atom is 0.116 e. The number of benzene rings is 1. The Balaban J connectivity index is 2.38. The van der Waals surface area contributed by atoms with Gasteiger partial charge < -0.3 is 5.11 Å². The van der Waals surface area contributed by atoms with Crippen LogP contribution in [0.25, 0.3) is 0 Å². The molecule has 0 aromatic heterocycles. The molecule has 1 aliphatic heterocycles. The zero-order valence-electron chi connectivity index (χ0n) is 8.71. The smallest absolute Gasteiger partial charge is 0.116 e. The van der Waals surface area contributed by atoms with Gasteiger partial charge in [0.15, 0.2) is 0 Å². The van der Waals surface area contributed by atoms with Gasteiger partial charge in [0.2, 0.25) is 0 Å². The summed E-state index contributed by atoms with van der Waals surface area (Å²) in [6.45, 7) is 4.55. The van der Waals surface area contributed by atoms with Crippen LogP contribution in [0.2, 0.25) is 0 Å². The van der Waals surface area contributed by atoms with Gasteiger partial charge in [-0.3, -0.25) is 0 Å². The first kappa shape index (κ1) is 9.91. The van der Waals surface area contributed by atoms with Crippen molar-refractivity contribution >= 4 is 11.8 Å². The number of rotatable bonds is 0. The molecule has 0 aliphatic carbocycles. The van der Waals surface area contributed by atoms with Crippen molar-refractivity contribution in [3.8, 4) is 5.75 Å². The molecule has 76 valence electrons. The van der Waals surface area contributed by atoms with E-state index in [0.29, 0.717) is 10.5 Å². The van der Waals surface area contributed by atoms with Crippen LogP contribution in [0.4, 0.5) is 0 Å². The monoisotopic (exact) mass is 208 g/mol. The number of phenolic OH excluding ortho intramolecular Hbond substituents is 1.